The number of nitrogens with one attached hydrogen (secondary N) is 1. The Morgan fingerprint density at radius 3 is 2.74 bits per heavy atom. The second-order valence-corrected chi connectivity index (χ2v) is 6.42. The fourth-order valence-corrected chi connectivity index (χ4v) is 3.04. The van der Waals surface area contributed by atoms with Crippen LogP contribution in [-0.2, 0) is 9.53 Å². The van der Waals surface area contributed by atoms with Gasteiger partial charge in [-0.25, -0.2) is 4.98 Å². The molecule has 0 aliphatic heterocycles. The molecule has 140 valence electrons. The number of rotatable bonds is 6. The van der Waals surface area contributed by atoms with Gasteiger partial charge in [0.25, 0.3) is 5.69 Å². The van der Waals surface area contributed by atoms with Crippen molar-refractivity contribution in [3.63, 3.8) is 0 Å². The van der Waals surface area contributed by atoms with Gasteiger partial charge in [-0.2, -0.15) is 0 Å². The van der Waals surface area contributed by atoms with E-state index in [1.807, 2.05) is 31.2 Å². The second kappa shape index (κ2) is 7.57. The summed E-state index contributed by atoms with van der Waals surface area (Å²) < 4.78 is 5.30. The van der Waals surface area contributed by atoms with Gasteiger partial charge >= 0.3 is 5.97 Å². The van der Waals surface area contributed by atoms with Crippen LogP contribution in [0.5, 0.6) is 0 Å². The molecule has 1 aromatic heterocycles. The number of pyridine rings is 1. The molecule has 3 rings (SSSR count). The molecule has 0 aliphatic carbocycles. The van der Waals surface area contributed by atoms with Crippen LogP contribution < -0.4 is 5.32 Å². The van der Waals surface area contributed by atoms with Crippen molar-refractivity contribution in [3.05, 3.63) is 52.1 Å². The quantitative estimate of drug-likeness (QED) is 0.301. The van der Waals surface area contributed by atoms with Crippen LogP contribution in [0.3, 0.4) is 0 Å². The predicted octanol–water partition coefficient (Wildman–Crippen LogP) is 4.36. The largest absolute Gasteiger partial charge is 0.461 e. The molecule has 0 aliphatic rings. The highest BCUT2D eigenvalue weighted by molar-refractivity contribution is 6.11. The molecule has 2 aromatic carbocycles. The lowest BCUT2D eigenvalue weighted by Gasteiger charge is -2.18. The number of para-hydroxylation sites is 1. The smallest absolute Gasteiger partial charge is 0.305 e. The first-order valence-corrected chi connectivity index (χ1v) is 8.82. The number of carbonyl (C=O) groups excluding carboxylic acids is 1. The number of esters is 1. The van der Waals surface area contributed by atoms with E-state index in [1.54, 1.807) is 19.9 Å². The van der Waals surface area contributed by atoms with Crippen LogP contribution in [-0.4, -0.2) is 28.5 Å². The summed E-state index contributed by atoms with van der Waals surface area (Å²) in [4.78, 5) is 27.4. The first kappa shape index (κ1) is 18.6. The van der Waals surface area contributed by atoms with Gasteiger partial charge in [0, 0.05) is 17.9 Å². The SMILES string of the molecule is CCC(=O)OC(C)CNc1c2ccccc2nc2c(C)ccc([N+](=O)[O-])c12. The maximum Gasteiger partial charge on any atom is 0.305 e. The van der Waals surface area contributed by atoms with E-state index in [1.165, 1.54) is 6.07 Å². The normalized spacial score (nSPS) is 12.1. The molecule has 1 atom stereocenters. The van der Waals surface area contributed by atoms with Gasteiger partial charge in [-0.3, -0.25) is 14.9 Å². The summed E-state index contributed by atoms with van der Waals surface area (Å²) in [5.74, 6) is -0.282. The molecule has 3 aromatic rings. The molecule has 0 fully saturated rings. The van der Waals surface area contributed by atoms with Crippen molar-refractivity contribution in [1.82, 2.24) is 4.98 Å². The fourth-order valence-electron chi connectivity index (χ4n) is 3.04. The van der Waals surface area contributed by atoms with Crippen LogP contribution in [0, 0.1) is 17.0 Å². The topological polar surface area (TPSA) is 94.4 Å². The first-order valence-electron chi connectivity index (χ1n) is 8.82. The number of non-ortho nitro benzene ring substituents is 1. The molecule has 1 unspecified atom stereocenters. The number of aromatic nitrogens is 1. The van der Waals surface area contributed by atoms with Gasteiger partial charge in [0.2, 0.25) is 0 Å². The summed E-state index contributed by atoms with van der Waals surface area (Å²) in [5, 5.41) is 16.1. The Morgan fingerprint density at radius 1 is 1.30 bits per heavy atom. The van der Waals surface area contributed by atoms with E-state index in [0.717, 1.165) is 16.5 Å². The average molecular weight is 367 g/mol. The van der Waals surface area contributed by atoms with Gasteiger partial charge in [0.05, 0.1) is 28.2 Å². The van der Waals surface area contributed by atoms with Crippen molar-refractivity contribution in [1.29, 1.82) is 0 Å². The number of ether oxygens (including phenoxy) is 1. The Kier molecular flexibility index (Phi) is 5.21. The van der Waals surface area contributed by atoms with Crippen molar-refractivity contribution >= 4 is 39.1 Å². The van der Waals surface area contributed by atoms with Gasteiger partial charge in [-0.15, -0.1) is 0 Å². The molecule has 0 saturated carbocycles. The molecule has 0 spiro atoms. The molecule has 0 radical (unpaired) electrons. The molecule has 1 N–H and O–H groups in total. The Labute approximate surface area is 156 Å². The summed E-state index contributed by atoms with van der Waals surface area (Å²) in [7, 11) is 0. The van der Waals surface area contributed by atoms with Crippen molar-refractivity contribution in [2.75, 3.05) is 11.9 Å². The zero-order valence-electron chi connectivity index (χ0n) is 15.5. The fraction of sp³-hybridized carbons (Fsp3) is 0.300. The third-order valence-electron chi connectivity index (χ3n) is 4.40. The standard InChI is InChI=1S/C20H21N3O4/c1-4-17(24)27-13(3)11-21-20-14-7-5-6-8-15(14)22-19-12(2)9-10-16(18(19)20)23(25)26/h5-10,13H,4,11H2,1-3H3,(H,21,22). The van der Waals surface area contributed by atoms with Crippen molar-refractivity contribution in [2.24, 2.45) is 0 Å². The Balaban J connectivity index is 2.16. The second-order valence-electron chi connectivity index (χ2n) is 6.42. The van der Waals surface area contributed by atoms with E-state index < -0.39 is 4.92 Å². The molecule has 0 bridgehead atoms. The van der Waals surface area contributed by atoms with Gasteiger partial charge in [0.1, 0.15) is 11.5 Å². The molecular formula is C20H21N3O4. The van der Waals surface area contributed by atoms with Crippen molar-refractivity contribution in [2.45, 2.75) is 33.3 Å². The van der Waals surface area contributed by atoms with Crippen LogP contribution in [0.4, 0.5) is 11.4 Å². The van der Waals surface area contributed by atoms with E-state index in [4.69, 9.17) is 4.74 Å². The highest BCUT2D eigenvalue weighted by Gasteiger charge is 2.21. The molecule has 27 heavy (non-hydrogen) atoms. The van der Waals surface area contributed by atoms with Gasteiger partial charge < -0.3 is 10.1 Å². The average Bonchev–Trinajstić information content (AvgIpc) is 2.65. The number of nitrogens with zero attached hydrogens (tertiary/aromatic N) is 2. The molecule has 7 nitrogen and oxygen atoms in total. The molecule has 0 amide bonds. The first-order chi connectivity index (χ1) is 12.9. The molecule has 7 heteroatoms. The van der Waals surface area contributed by atoms with E-state index in [2.05, 4.69) is 10.3 Å². The third kappa shape index (κ3) is 3.67. The number of fused-ring (bicyclic) bond motifs is 2. The lowest BCUT2D eigenvalue weighted by Crippen LogP contribution is -2.23. The number of nitro benzene ring substituents is 1. The minimum Gasteiger partial charge on any atom is -0.461 e. The van der Waals surface area contributed by atoms with E-state index in [-0.39, 0.29) is 17.8 Å². The molecular weight excluding hydrogens is 346 g/mol. The predicted molar refractivity (Wildman–Crippen MR) is 105 cm³/mol. The maximum absolute atomic E-state index is 11.6. The van der Waals surface area contributed by atoms with Crippen LogP contribution >= 0.6 is 0 Å². The summed E-state index contributed by atoms with van der Waals surface area (Å²) >= 11 is 0. The number of hydrogen-bond acceptors (Lipinski definition) is 6. The summed E-state index contributed by atoms with van der Waals surface area (Å²) in [5.41, 5.74) is 2.81. The number of hydrogen-bond donors (Lipinski definition) is 1. The number of nitro groups is 1. The highest BCUT2D eigenvalue weighted by atomic mass is 16.6. The van der Waals surface area contributed by atoms with E-state index >= 15 is 0 Å². The summed E-state index contributed by atoms with van der Waals surface area (Å²) in [6, 6.07) is 10.7. The minimum absolute atomic E-state index is 0.00504. The number of aryl methyl sites for hydroxylation is 1. The van der Waals surface area contributed by atoms with Crippen molar-refractivity contribution < 1.29 is 14.5 Å². The van der Waals surface area contributed by atoms with Crippen LogP contribution in [0.1, 0.15) is 25.8 Å². The van der Waals surface area contributed by atoms with E-state index in [0.29, 0.717) is 29.6 Å². The Bertz CT molecular complexity index is 1030. The Morgan fingerprint density at radius 2 is 2.04 bits per heavy atom. The number of benzene rings is 2. The van der Waals surface area contributed by atoms with Crippen molar-refractivity contribution in [3.8, 4) is 0 Å². The monoisotopic (exact) mass is 367 g/mol. The number of anilines is 1. The zero-order valence-corrected chi connectivity index (χ0v) is 15.5. The summed E-state index contributed by atoms with van der Waals surface area (Å²) in [6.45, 7) is 5.73. The lowest BCUT2D eigenvalue weighted by atomic mass is 10.0. The van der Waals surface area contributed by atoms with Crippen LogP contribution in [0.15, 0.2) is 36.4 Å². The lowest BCUT2D eigenvalue weighted by molar-refractivity contribution is -0.383. The van der Waals surface area contributed by atoms with E-state index in [9.17, 15) is 14.9 Å². The Hall–Kier alpha value is -3.22. The molecule has 0 saturated heterocycles. The van der Waals surface area contributed by atoms with Crippen LogP contribution in [0.25, 0.3) is 21.8 Å². The summed E-state index contributed by atoms with van der Waals surface area (Å²) in [6.07, 6.45) is -0.0702. The van der Waals surface area contributed by atoms with Gasteiger partial charge in [0.15, 0.2) is 0 Å². The van der Waals surface area contributed by atoms with Gasteiger partial charge in [-0.05, 0) is 25.5 Å². The molecule has 1 heterocycles. The zero-order chi connectivity index (χ0) is 19.6. The van der Waals surface area contributed by atoms with Crippen LogP contribution in [0.2, 0.25) is 0 Å². The van der Waals surface area contributed by atoms with Gasteiger partial charge in [-0.1, -0.05) is 31.2 Å². The maximum atomic E-state index is 11.6. The highest BCUT2D eigenvalue weighted by Crippen LogP contribution is 2.37. The third-order valence-corrected chi connectivity index (χ3v) is 4.40. The minimum atomic E-state index is -0.399. The number of carbonyl (C=O) groups is 1.